The molecule has 0 saturated heterocycles. The lowest BCUT2D eigenvalue weighted by Crippen LogP contribution is -2.28. The minimum Gasteiger partial charge on any atom is -0.402 e. The normalized spacial score (nSPS) is 13.2. The van der Waals surface area contributed by atoms with E-state index >= 15 is 0 Å². The molecule has 3 rings (SSSR count). The zero-order chi connectivity index (χ0) is 29.6. The molecule has 2 unspecified atom stereocenters. The summed E-state index contributed by atoms with van der Waals surface area (Å²) in [6.45, 7) is 3.73. The van der Waals surface area contributed by atoms with Crippen LogP contribution in [0.4, 0.5) is 5.13 Å². The Balaban J connectivity index is 1.37. The van der Waals surface area contributed by atoms with Gasteiger partial charge in [-0.25, -0.2) is 0 Å². The Kier molecular flexibility index (Phi) is 12.0. The van der Waals surface area contributed by atoms with Gasteiger partial charge in [-0.15, -0.1) is 10.2 Å². The topological polar surface area (TPSA) is 165 Å². The van der Waals surface area contributed by atoms with E-state index in [0.717, 1.165) is 41.0 Å². The minimum atomic E-state index is -0.284. The van der Waals surface area contributed by atoms with Gasteiger partial charge in [0.25, 0.3) is 0 Å². The average molecular weight is 576 g/mol. The number of nitrogens with zero attached hydrogens (tertiary/aromatic N) is 2. The fraction of sp³-hybridized carbons (Fsp3) is 0.300. The zero-order valence-electron chi connectivity index (χ0n) is 23.3. The molecule has 0 bridgehead atoms. The van der Waals surface area contributed by atoms with Gasteiger partial charge in [0.05, 0.1) is 18.4 Å². The fourth-order valence-corrected chi connectivity index (χ4v) is 4.78. The second-order valence-electron chi connectivity index (χ2n) is 9.67. The number of nitrogens with one attached hydrogen (secondary N) is 3. The number of aryl methyl sites for hydroxylation is 1. The molecule has 10 nitrogen and oxygen atoms in total. The van der Waals surface area contributed by atoms with Gasteiger partial charge in [-0.1, -0.05) is 65.9 Å². The molecule has 2 atom stereocenters. The average Bonchev–Trinajstić information content (AvgIpc) is 3.41. The van der Waals surface area contributed by atoms with E-state index in [4.69, 9.17) is 11.5 Å². The Hall–Kier alpha value is -4.51. The molecule has 1 heterocycles. The van der Waals surface area contributed by atoms with E-state index in [-0.39, 0.29) is 36.0 Å². The van der Waals surface area contributed by atoms with E-state index in [0.29, 0.717) is 23.7 Å². The standard InChI is InChI=1S/C30H37N7O3S/c1-20(23-10-4-3-5-11-23)29(40)35-30-37-36-28(41-30)14-7-6-13-25(31)15-16-26(32)34-27(39)18-22-9-8-12-24(17-22)21(2)33-19-38/h3-5,8-12,15-17,19-21H,6-7,13-14,18,31-32H2,1-2H3,(H,33,38)(H,34,39)(H,35,37,40)/b25-15-,26-16+. The number of amides is 3. The molecule has 216 valence electrons. The van der Waals surface area contributed by atoms with Gasteiger partial charge in [0, 0.05) is 12.1 Å². The molecule has 41 heavy (non-hydrogen) atoms. The third kappa shape index (κ3) is 10.5. The number of benzene rings is 2. The molecule has 7 N–H and O–H groups in total. The monoisotopic (exact) mass is 575 g/mol. The maximum Gasteiger partial charge on any atom is 0.233 e. The van der Waals surface area contributed by atoms with E-state index in [1.165, 1.54) is 11.3 Å². The number of nitrogens with two attached hydrogens (primary N) is 2. The van der Waals surface area contributed by atoms with Crippen LogP contribution in [-0.4, -0.2) is 28.4 Å². The van der Waals surface area contributed by atoms with Crippen LogP contribution in [0.25, 0.3) is 0 Å². The van der Waals surface area contributed by atoms with Gasteiger partial charge in [-0.3, -0.25) is 14.4 Å². The molecule has 2 aromatic carbocycles. The van der Waals surface area contributed by atoms with Crippen LogP contribution in [0.2, 0.25) is 0 Å². The van der Waals surface area contributed by atoms with Crippen molar-refractivity contribution in [2.24, 2.45) is 11.5 Å². The van der Waals surface area contributed by atoms with Crippen LogP contribution in [0.3, 0.4) is 0 Å². The molecule has 0 saturated carbocycles. The number of allylic oxidation sites excluding steroid dienone is 3. The highest BCUT2D eigenvalue weighted by Crippen LogP contribution is 2.21. The summed E-state index contributed by atoms with van der Waals surface area (Å²) in [5.74, 6) is -0.447. The molecule has 0 fully saturated rings. The number of hydrogen-bond acceptors (Lipinski definition) is 8. The number of rotatable bonds is 15. The summed E-state index contributed by atoms with van der Waals surface area (Å²) in [6.07, 6.45) is 7.16. The summed E-state index contributed by atoms with van der Waals surface area (Å²) in [5, 5.41) is 17.8. The highest BCUT2D eigenvalue weighted by atomic mass is 32.1. The van der Waals surface area contributed by atoms with Crippen molar-refractivity contribution in [2.75, 3.05) is 5.32 Å². The van der Waals surface area contributed by atoms with Crippen molar-refractivity contribution in [3.63, 3.8) is 0 Å². The zero-order valence-corrected chi connectivity index (χ0v) is 24.1. The van der Waals surface area contributed by atoms with Crippen LogP contribution < -0.4 is 27.4 Å². The van der Waals surface area contributed by atoms with Crippen molar-refractivity contribution in [3.8, 4) is 0 Å². The van der Waals surface area contributed by atoms with Gasteiger partial charge in [-0.2, -0.15) is 0 Å². The predicted octanol–water partition coefficient (Wildman–Crippen LogP) is 3.80. The van der Waals surface area contributed by atoms with Crippen LogP contribution >= 0.6 is 11.3 Å². The summed E-state index contributed by atoms with van der Waals surface area (Å²) < 4.78 is 0. The number of hydrogen-bond donors (Lipinski definition) is 5. The van der Waals surface area contributed by atoms with Crippen LogP contribution in [-0.2, 0) is 27.2 Å². The first-order chi connectivity index (χ1) is 19.7. The Morgan fingerprint density at radius 1 is 0.976 bits per heavy atom. The van der Waals surface area contributed by atoms with Crippen LogP contribution in [0.5, 0.6) is 0 Å². The van der Waals surface area contributed by atoms with Crippen LogP contribution in [0, 0.1) is 0 Å². The first kappa shape index (κ1) is 31.0. The first-order valence-electron chi connectivity index (χ1n) is 13.4. The van der Waals surface area contributed by atoms with Crippen LogP contribution in [0.15, 0.2) is 78.3 Å². The molecule has 0 radical (unpaired) electrons. The molecule has 0 aliphatic carbocycles. The maximum absolute atomic E-state index is 12.5. The van der Waals surface area contributed by atoms with E-state index in [9.17, 15) is 14.4 Å². The largest absolute Gasteiger partial charge is 0.402 e. The number of carbonyl (C=O) groups is 3. The molecule has 0 aliphatic rings. The van der Waals surface area contributed by atoms with Crippen molar-refractivity contribution in [2.45, 2.75) is 57.9 Å². The Morgan fingerprint density at radius 2 is 1.73 bits per heavy atom. The lowest BCUT2D eigenvalue weighted by atomic mass is 10.0. The second-order valence-corrected chi connectivity index (χ2v) is 10.7. The fourth-order valence-electron chi connectivity index (χ4n) is 4.00. The highest BCUT2D eigenvalue weighted by Gasteiger charge is 2.17. The van der Waals surface area contributed by atoms with Crippen molar-refractivity contribution in [1.82, 2.24) is 20.8 Å². The van der Waals surface area contributed by atoms with Crippen molar-refractivity contribution in [3.05, 3.63) is 100.0 Å². The number of aromatic nitrogens is 2. The summed E-state index contributed by atoms with van der Waals surface area (Å²) in [6, 6.07) is 16.9. The van der Waals surface area contributed by atoms with E-state index in [1.807, 2.05) is 68.4 Å². The van der Waals surface area contributed by atoms with Gasteiger partial charge in [0.1, 0.15) is 10.8 Å². The van der Waals surface area contributed by atoms with E-state index in [2.05, 4.69) is 26.1 Å². The number of carbonyl (C=O) groups excluding carboxylic acids is 3. The molecule has 0 spiro atoms. The molecular weight excluding hydrogens is 538 g/mol. The Labute approximate surface area is 244 Å². The van der Waals surface area contributed by atoms with Gasteiger partial charge in [-0.05, 0) is 62.0 Å². The van der Waals surface area contributed by atoms with E-state index in [1.54, 1.807) is 12.2 Å². The van der Waals surface area contributed by atoms with Gasteiger partial charge < -0.3 is 27.4 Å². The molecule has 0 aliphatic heterocycles. The predicted molar refractivity (Wildman–Crippen MR) is 161 cm³/mol. The molecule has 3 amide bonds. The highest BCUT2D eigenvalue weighted by molar-refractivity contribution is 7.15. The third-order valence-electron chi connectivity index (χ3n) is 6.39. The lowest BCUT2D eigenvalue weighted by Gasteiger charge is -2.12. The summed E-state index contributed by atoms with van der Waals surface area (Å²) in [5.41, 5.74) is 15.4. The summed E-state index contributed by atoms with van der Waals surface area (Å²) in [4.78, 5) is 35.6. The van der Waals surface area contributed by atoms with Gasteiger partial charge in [0.2, 0.25) is 23.4 Å². The molecule has 11 heteroatoms. The quantitative estimate of drug-likeness (QED) is 0.104. The molecule has 3 aromatic rings. The minimum absolute atomic E-state index is 0.118. The number of unbranched alkanes of at least 4 members (excludes halogenated alkanes) is 1. The van der Waals surface area contributed by atoms with Crippen molar-refractivity contribution >= 4 is 34.7 Å². The van der Waals surface area contributed by atoms with Gasteiger partial charge in [0.15, 0.2) is 0 Å². The summed E-state index contributed by atoms with van der Waals surface area (Å²) >= 11 is 1.37. The Bertz CT molecular complexity index is 1370. The third-order valence-corrected chi connectivity index (χ3v) is 7.29. The lowest BCUT2D eigenvalue weighted by molar-refractivity contribution is -0.120. The van der Waals surface area contributed by atoms with Crippen molar-refractivity contribution in [1.29, 1.82) is 0 Å². The first-order valence-corrected chi connectivity index (χ1v) is 14.2. The van der Waals surface area contributed by atoms with Crippen LogP contribution in [0.1, 0.15) is 66.8 Å². The van der Waals surface area contributed by atoms with Gasteiger partial charge >= 0.3 is 0 Å². The Morgan fingerprint density at radius 3 is 2.49 bits per heavy atom. The molecular formula is C30H37N7O3S. The van der Waals surface area contributed by atoms with E-state index < -0.39 is 0 Å². The molecule has 1 aromatic heterocycles. The second kappa shape index (κ2) is 15.9. The number of anilines is 1. The summed E-state index contributed by atoms with van der Waals surface area (Å²) in [7, 11) is 0. The smallest absolute Gasteiger partial charge is 0.233 e. The maximum atomic E-state index is 12.5. The van der Waals surface area contributed by atoms with Crippen molar-refractivity contribution < 1.29 is 14.4 Å². The SMILES string of the molecule is CC(NC=O)c1cccc(CC(=O)N/C(N)=C/C=C(\N)CCCCc2nnc(NC(=O)C(C)c3ccccc3)s2)c1.